The molecule has 1 unspecified atom stereocenters. The van der Waals surface area contributed by atoms with E-state index in [1.54, 1.807) is 25.4 Å². The summed E-state index contributed by atoms with van der Waals surface area (Å²) in [5.41, 5.74) is 2.80. The lowest BCUT2D eigenvalue weighted by atomic mass is 9.80. The second-order valence-electron chi connectivity index (χ2n) is 8.44. The molecule has 0 aromatic carbocycles. The normalized spacial score (nSPS) is 21.2. The number of nitrogens with zero attached hydrogens (tertiary/aromatic N) is 4. The summed E-state index contributed by atoms with van der Waals surface area (Å²) in [4.78, 5) is 24.4. The van der Waals surface area contributed by atoms with Crippen LogP contribution in [0.15, 0.2) is 24.4 Å². The number of likely N-dealkylation sites (tertiary alicyclic amines) is 1. The number of nitriles is 1. The Bertz CT molecular complexity index is 1010. The highest BCUT2D eigenvalue weighted by Crippen LogP contribution is 2.38. The number of piperidine rings is 1. The zero-order valence-corrected chi connectivity index (χ0v) is 18.3. The molecular weight excluding hydrogens is 392 g/mol. The summed E-state index contributed by atoms with van der Waals surface area (Å²) in [6, 6.07) is 7.57. The van der Waals surface area contributed by atoms with E-state index in [9.17, 15) is 10.1 Å². The minimum Gasteiger partial charge on any atom is -0.481 e. The third-order valence-corrected chi connectivity index (χ3v) is 6.49. The first-order valence-electron chi connectivity index (χ1n) is 10.9. The number of methoxy groups -OCH3 is 1. The smallest absolute Gasteiger partial charge is 0.256 e. The van der Waals surface area contributed by atoms with Crippen LogP contribution in [-0.4, -0.2) is 46.6 Å². The number of pyridine rings is 2. The van der Waals surface area contributed by atoms with Gasteiger partial charge >= 0.3 is 0 Å². The predicted octanol–water partition coefficient (Wildman–Crippen LogP) is 4.00. The van der Waals surface area contributed by atoms with Gasteiger partial charge in [0.1, 0.15) is 6.10 Å². The van der Waals surface area contributed by atoms with E-state index in [1.165, 1.54) is 6.42 Å². The molecule has 1 aliphatic carbocycles. The van der Waals surface area contributed by atoms with Gasteiger partial charge in [-0.15, -0.1) is 0 Å². The van der Waals surface area contributed by atoms with E-state index in [2.05, 4.69) is 23.0 Å². The predicted molar refractivity (Wildman–Crippen MR) is 115 cm³/mol. The number of ether oxygens (including phenoxy) is 2. The first kappa shape index (κ1) is 21.1. The van der Waals surface area contributed by atoms with Crippen LogP contribution in [0.3, 0.4) is 0 Å². The van der Waals surface area contributed by atoms with E-state index in [0.717, 1.165) is 36.9 Å². The molecule has 3 heterocycles. The lowest BCUT2D eigenvalue weighted by Crippen LogP contribution is -2.49. The molecule has 1 aliphatic heterocycles. The van der Waals surface area contributed by atoms with E-state index < -0.39 is 0 Å². The van der Waals surface area contributed by atoms with Gasteiger partial charge in [-0.2, -0.15) is 5.26 Å². The van der Waals surface area contributed by atoms with Crippen LogP contribution in [0.2, 0.25) is 0 Å². The zero-order chi connectivity index (χ0) is 22.0. The number of carbonyl (C=O) groups excluding carboxylic acids is 1. The molecule has 7 heteroatoms. The fourth-order valence-electron chi connectivity index (χ4n) is 4.27. The number of aromatic nitrogens is 2. The van der Waals surface area contributed by atoms with Crippen LogP contribution in [0.1, 0.15) is 72.1 Å². The van der Waals surface area contributed by atoms with Crippen molar-refractivity contribution in [2.45, 2.75) is 64.0 Å². The number of hydrogen-bond acceptors (Lipinski definition) is 6. The van der Waals surface area contributed by atoms with Crippen molar-refractivity contribution in [2.24, 2.45) is 0 Å². The van der Waals surface area contributed by atoms with Crippen molar-refractivity contribution >= 4 is 5.91 Å². The molecular formula is C24H28N4O3. The lowest BCUT2D eigenvalue weighted by Gasteiger charge is -2.38. The van der Waals surface area contributed by atoms with Crippen molar-refractivity contribution in [1.29, 1.82) is 5.26 Å². The molecule has 7 nitrogen and oxygen atoms in total. The lowest BCUT2D eigenvalue weighted by molar-refractivity contribution is 0.0368. The van der Waals surface area contributed by atoms with Gasteiger partial charge in [-0.3, -0.25) is 4.79 Å². The number of amides is 1. The summed E-state index contributed by atoms with van der Waals surface area (Å²) in [6.07, 6.45) is 6.38. The van der Waals surface area contributed by atoms with Gasteiger partial charge in [0, 0.05) is 29.8 Å². The molecule has 2 atom stereocenters. The Morgan fingerprint density at radius 1 is 1.23 bits per heavy atom. The minimum atomic E-state index is -0.168. The molecule has 2 aromatic rings. The summed E-state index contributed by atoms with van der Waals surface area (Å²) in [5, 5.41) is 9.26. The van der Waals surface area contributed by atoms with Crippen LogP contribution in [0.25, 0.3) is 0 Å². The molecule has 1 amide bonds. The van der Waals surface area contributed by atoms with Crippen LogP contribution in [-0.2, 0) is 0 Å². The van der Waals surface area contributed by atoms with Gasteiger partial charge in [-0.05, 0) is 51.7 Å². The quantitative estimate of drug-likeness (QED) is 0.726. The van der Waals surface area contributed by atoms with Crippen molar-refractivity contribution in [1.82, 2.24) is 14.9 Å². The van der Waals surface area contributed by atoms with E-state index in [0.29, 0.717) is 35.3 Å². The van der Waals surface area contributed by atoms with Crippen molar-refractivity contribution in [2.75, 3.05) is 13.7 Å². The first-order chi connectivity index (χ1) is 15.0. The average Bonchev–Trinajstić information content (AvgIpc) is 2.74. The topological polar surface area (TPSA) is 88.3 Å². The van der Waals surface area contributed by atoms with Gasteiger partial charge in [0.25, 0.3) is 5.91 Å². The summed E-state index contributed by atoms with van der Waals surface area (Å²) < 4.78 is 11.5. The van der Waals surface area contributed by atoms with Crippen LogP contribution >= 0.6 is 0 Å². The summed E-state index contributed by atoms with van der Waals surface area (Å²) in [5.74, 6) is 1.33. The Morgan fingerprint density at radius 2 is 2.03 bits per heavy atom. The Morgan fingerprint density at radius 3 is 2.71 bits per heavy atom. The Kier molecular flexibility index (Phi) is 6.08. The maximum Gasteiger partial charge on any atom is 0.256 e. The van der Waals surface area contributed by atoms with Crippen LogP contribution in [0, 0.1) is 18.3 Å². The Hall–Kier alpha value is -3.14. The molecule has 1 saturated heterocycles. The van der Waals surface area contributed by atoms with Crippen molar-refractivity contribution in [3.8, 4) is 17.8 Å². The van der Waals surface area contributed by atoms with Gasteiger partial charge in [-0.25, -0.2) is 9.97 Å². The van der Waals surface area contributed by atoms with Crippen LogP contribution in [0.5, 0.6) is 11.8 Å². The molecule has 4 rings (SSSR count). The summed E-state index contributed by atoms with van der Waals surface area (Å²) in [7, 11) is 1.60. The van der Waals surface area contributed by atoms with E-state index in [1.807, 2.05) is 17.9 Å². The number of carbonyl (C=O) groups is 1. The third kappa shape index (κ3) is 4.20. The second kappa shape index (κ2) is 8.93. The van der Waals surface area contributed by atoms with Gasteiger partial charge in [0.15, 0.2) is 0 Å². The average molecular weight is 421 g/mol. The molecule has 0 radical (unpaired) electrons. The largest absolute Gasteiger partial charge is 0.481 e. The maximum absolute atomic E-state index is 13.6. The molecule has 2 fully saturated rings. The summed E-state index contributed by atoms with van der Waals surface area (Å²) >= 11 is 0. The molecule has 1 saturated carbocycles. The monoisotopic (exact) mass is 420 g/mol. The minimum absolute atomic E-state index is 0.00619. The van der Waals surface area contributed by atoms with E-state index in [-0.39, 0.29) is 18.1 Å². The number of rotatable bonds is 5. The molecule has 2 aliphatic rings. The highest BCUT2D eigenvalue weighted by Gasteiger charge is 2.34. The molecule has 162 valence electrons. The van der Waals surface area contributed by atoms with Gasteiger partial charge < -0.3 is 14.4 Å². The highest BCUT2D eigenvalue weighted by molar-refractivity contribution is 5.96. The zero-order valence-electron chi connectivity index (χ0n) is 18.3. The molecule has 0 bridgehead atoms. The molecule has 2 aromatic heterocycles. The fourth-order valence-corrected chi connectivity index (χ4v) is 4.27. The van der Waals surface area contributed by atoms with Gasteiger partial charge in [0.05, 0.1) is 36.5 Å². The molecule has 0 N–H and O–H groups in total. The maximum atomic E-state index is 13.6. The first-order valence-corrected chi connectivity index (χ1v) is 10.9. The van der Waals surface area contributed by atoms with Gasteiger partial charge in [0.2, 0.25) is 11.8 Å². The van der Waals surface area contributed by atoms with Crippen LogP contribution in [0.4, 0.5) is 0 Å². The van der Waals surface area contributed by atoms with E-state index >= 15 is 0 Å². The SMILES string of the molecule is COc1ccc(C(=O)N2CC(Oc3nccc(C#N)c3C)CC[C@H]2C)c(C2CCC2)n1. The van der Waals surface area contributed by atoms with Crippen molar-refractivity contribution < 1.29 is 14.3 Å². The standard InChI is InChI=1S/C24H28N4O3/c1-15-7-8-19(31-23-16(2)18(13-25)11-12-26-23)14-28(15)24(29)20-9-10-21(30-3)27-22(20)17-5-4-6-17/h9-12,15,17,19H,4-8,14H2,1-3H3/t15-,19?/m1/s1. The summed E-state index contributed by atoms with van der Waals surface area (Å²) in [6.45, 7) is 4.39. The third-order valence-electron chi connectivity index (χ3n) is 6.49. The Balaban J connectivity index is 1.55. The second-order valence-corrected chi connectivity index (χ2v) is 8.44. The molecule has 31 heavy (non-hydrogen) atoms. The van der Waals surface area contributed by atoms with Gasteiger partial charge in [-0.1, -0.05) is 6.42 Å². The van der Waals surface area contributed by atoms with E-state index in [4.69, 9.17) is 9.47 Å². The van der Waals surface area contributed by atoms with Crippen LogP contribution < -0.4 is 9.47 Å². The highest BCUT2D eigenvalue weighted by atomic mass is 16.5. The van der Waals surface area contributed by atoms with Crippen molar-refractivity contribution in [3.05, 3.63) is 46.8 Å². The van der Waals surface area contributed by atoms with Crippen molar-refractivity contribution in [3.63, 3.8) is 0 Å². The Labute approximate surface area is 183 Å². The number of hydrogen-bond donors (Lipinski definition) is 0. The fraction of sp³-hybridized carbons (Fsp3) is 0.500. The molecule has 0 spiro atoms.